The fraction of sp³-hybridized carbons (Fsp3) is 0.625. The van der Waals surface area contributed by atoms with Crippen LogP contribution in [0, 0.1) is 5.41 Å². The van der Waals surface area contributed by atoms with Gasteiger partial charge in [-0.05, 0) is 62.8 Å². The van der Waals surface area contributed by atoms with Crippen LogP contribution in [0.4, 0.5) is 0 Å². The van der Waals surface area contributed by atoms with Gasteiger partial charge in [-0.1, -0.05) is 37.0 Å². The monoisotopic (exact) mass is 301 g/mol. The molecule has 0 atom stereocenters. The topological polar surface area (TPSA) is 12.0 Å². The summed E-state index contributed by atoms with van der Waals surface area (Å²) < 4.78 is 0. The van der Waals surface area contributed by atoms with Gasteiger partial charge in [0.15, 0.2) is 0 Å². The first-order valence-electron chi connectivity index (χ1n) is 6.78. The molecule has 1 aromatic carbocycles. The van der Waals surface area contributed by atoms with Crippen molar-refractivity contribution in [3.63, 3.8) is 0 Å². The zero-order valence-electron chi connectivity index (χ0n) is 12.6. The van der Waals surface area contributed by atoms with Gasteiger partial charge in [-0.25, -0.2) is 0 Å². The maximum absolute atomic E-state index is 6.20. The molecule has 0 aliphatic heterocycles. The van der Waals surface area contributed by atoms with Gasteiger partial charge >= 0.3 is 0 Å². The molecule has 0 aliphatic carbocycles. The van der Waals surface area contributed by atoms with Crippen LogP contribution in [0.2, 0.25) is 10.0 Å². The van der Waals surface area contributed by atoms with E-state index in [1.54, 1.807) is 0 Å². The summed E-state index contributed by atoms with van der Waals surface area (Å²) in [4.78, 5) is 0. The lowest BCUT2D eigenvalue weighted by molar-refractivity contribution is 0.273. The van der Waals surface area contributed by atoms with E-state index in [1.807, 2.05) is 18.2 Å². The minimum atomic E-state index is 0.158. The molecule has 19 heavy (non-hydrogen) atoms. The summed E-state index contributed by atoms with van der Waals surface area (Å²) in [7, 11) is 0. The summed E-state index contributed by atoms with van der Waals surface area (Å²) >= 11 is 12.2. The van der Waals surface area contributed by atoms with E-state index in [0.717, 1.165) is 35.0 Å². The zero-order chi connectivity index (χ0) is 14.7. The summed E-state index contributed by atoms with van der Waals surface area (Å²) in [5.74, 6) is 0. The smallest absolute Gasteiger partial charge is 0.0439 e. The lowest BCUT2D eigenvalue weighted by atomic mass is 9.85. The van der Waals surface area contributed by atoms with Gasteiger partial charge in [0.05, 0.1) is 0 Å². The van der Waals surface area contributed by atoms with Gasteiger partial charge in [-0.15, -0.1) is 0 Å². The molecule has 0 amide bonds. The van der Waals surface area contributed by atoms with Crippen molar-refractivity contribution in [3.8, 4) is 0 Å². The predicted molar refractivity (Wildman–Crippen MR) is 86.3 cm³/mol. The van der Waals surface area contributed by atoms with Crippen LogP contribution in [-0.4, -0.2) is 12.1 Å². The summed E-state index contributed by atoms with van der Waals surface area (Å²) in [6, 6.07) is 5.68. The van der Waals surface area contributed by atoms with Crippen LogP contribution in [0.25, 0.3) is 0 Å². The van der Waals surface area contributed by atoms with Gasteiger partial charge in [0.2, 0.25) is 0 Å². The molecule has 0 saturated carbocycles. The number of aryl methyl sites for hydroxylation is 1. The molecule has 0 fully saturated rings. The average molecular weight is 302 g/mol. The van der Waals surface area contributed by atoms with E-state index in [9.17, 15) is 0 Å². The third kappa shape index (κ3) is 6.65. The second-order valence-corrected chi connectivity index (χ2v) is 7.85. The Bertz CT molecular complexity index is 419. The van der Waals surface area contributed by atoms with Crippen LogP contribution < -0.4 is 5.32 Å². The highest BCUT2D eigenvalue weighted by Gasteiger charge is 2.21. The Morgan fingerprint density at radius 3 is 2.26 bits per heavy atom. The van der Waals surface area contributed by atoms with Crippen molar-refractivity contribution in [2.75, 3.05) is 6.54 Å². The average Bonchev–Trinajstić information content (AvgIpc) is 2.27. The van der Waals surface area contributed by atoms with Gasteiger partial charge in [0, 0.05) is 22.1 Å². The largest absolute Gasteiger partial charge is 0.312 e. The van der Waals surface area contributed by atoms with Crippen molar-refractivity contribution in [2.24, 2.45) is 5.41 Å². The van der Waals surface area contributed by atoms with E-state index in [0.29, 0.717) is 0 Å². The first kappa shape index (κ1) is 16.8. The first-order valence-corrected chi connectivity index (χ1v) is 7.54. The van der Waals surface area contributed by atoms with Crippen molar-refractivity contribution in [2.45, 2.75) is 53.0 Å². The Morgan fingerprint density at radius 1 is 1.05 bits per heavy atom. The van der Waals surface area contributed by atoms with Crippen molar-refractivity contribution >= 4 is 23.2 Å². The Hall–Kier alpha value is -0.240. The SMILES string of the molecule is CC(C)(CCc1cc(Cl)ccc1Cl)CNC(C)(C)C. The molecule has 0 unspecified atom stereocenters. The molecular weight excluding hydrogens is 277 g/mol. The number of nitrogens with one attached hydrogen (secondary N) is 1. The summed E-state index contributed by atoms with van der Waals surface area (Å²) in [5.41, 5.74) is 1.53. The van der Waals surface area contributed by atoms with Gasteiger partial charge in [0.25, 0.3) is 0 Å². The molecule has 3 heteroatoms. The van der Waals surface area contributed by atoms with E-state index >= 15 is 0 Å². The van der Waals surface area contributed by atoms with Crippen LogP contribution >= 0.6 is 23.2 Å². The van der Waals surface area contributed by atoms with Gasteiger partial charge in [-0.3, -0.25) is 0 Å². The van der Waals surface area contributed by atoms with Crippen LogP contribution in [0.5, 0.6) is 0 Å². The van der Waals surface area contributed by atoms with Gasteiger partial charge in [0.1, 0.15) is 0 Å². The number of halogens is 2. The van der Waals surface area contributed by atoms with Crippen molar-refractivity contribution in [1.82, 2.24) is 5.32 Å². The quantitative estimate of drug-likeness (QED) is 0.774. The maximum atomic E-state index is 6.20. The van der Waals surface area contributed by atoms with Crippen molar-refractivity contribution in [1.29, 1.82) is 0 Å². The normalized spacial score (nSPS) is 12.8. The van der Waals surface area contributed by atoms with Gasteiger partial charge < -0.3 is 5.32 Å². The summed E-state index contributed by atoms with van der Waals surface area (Å²) in [5, 5.41) is 5.13. The van der Waals surface area contributed by atoms with E-state index in [2.05, 4.69) is 39.9 Å². The molecule has 0 aliphatic rings. The Kier molecular flexibility index (Phi) is 5.73. The fourth-order valence-corrected chi connectivity index (χ4v) is 2.21. The van der Waals surface area contributed by atoms with E-state index in [4.69, 9.17) is 23.2 Å². The first-order chi connectivity index (χ1) is 8.59. The molecular formula is C16H25Cl2N. The van der Waals surface area contributed by atoms with Crippen molar-refractivity contribution in [3.05, 3.63) is 33.8 Å². The number of benzene rings is 1. The fourth-order valence-electron chi connectivity index (χ4n) is 1.80. The molecule has 0 aromatic heterocycles. The molecule has 0 spiro atoms. The predicted octanol–water partition coefficient (Wildman–Crippen LogP) is 5.34. The summed E-state index contributed by atoms with van der Waals surface area (Å²) in [6.07, 6.45) is 2.04. The Labute approximate surface area is 127 Å². The Balaban J connectivity index is 2.57. The number of hydrogen-bond acceptors (Lipinski definition) is 1. The minimum absolute atomic E-state index is 0.158. The highest BCUT2D eigenvalue weighted by atomic mass is 35.5. The number of rotatable bonds is 5. The summed E-state index contributed by atoms with van der Waals surface area (Å²) in [6.45, 7) is 12.1. The van der Waals surface area contributed by atoms with E-state index in [1.165, 1.54) is 0 Å². The molecule has 1 N–H and O–H groups in total. The minimum Gasteiger partial charge on any atom is -0.312 e. The molecule has 1 nitrogen and oxygen atoms in total. The molecule has 1 aromatic rings. The lowest BCUT2D eigenvalue weighted by Crippen LogP contribution is -2.42. The van der Waals surface area contributed by atoms with Crippen LogP contribution in [0.3, 0.4) is 0 Å². The third-order valence-corrected chi connectivity index (χ3v) is 3.78. The van der Waals surface area contributed by atoms with Crippen LogP contribution in [0.15, 0.2) is 18.2 Å². The highest BCUT2D eigenvalue weighted by molar-refractivity contribution is 6.33. The molecule has 0 radical (unpaired) electrons. The van der Waals surface area contributed by atoms with Crippen molar-refractivity contribution < 1.29 is 0 Å². The second-order valence-electron chi connectivity index (χ2n) is 7.00. The molecule has 0 bridgehead atoms. The molecule has 108 valence electrons. The van der Waals surface area contributed by atoms with Crippen LogP contribution in [-0.2, 0) is 6.42 Å². The molecule has 0 heterocycles. The van der Waals surface area contributed by atoms with Crippen LogP contribution in [0.1, 0.15) is 46.6 Å². The molecule has 0 saturated heterocycles. The number of hydrogen-bond donors (Lipinski definition) is 1. The highest BCUT2D eigenvalue weighted by Crippen LogP contribution is 2.27. The van der Waals surface area contributed by atoms with Gasteiger partial charge in [-0.2, -0.15) is 0 Å². The maximum Gasteiger partial charge on any atom is 0.0439 e. The Morgan fingerprint density at radius 2 is 1.68 bits per heavy atom. The third-order valence-electron chi connectivity index (χ3n) is 3.18. The van der Waals surface area contributed by atoms with E-state index < -0.39 is 0 Å². The molecule has 1 rings (SSSR count). The zero-order valence-corrected chi connectivity index (χ0v) is 14.1. The standard InChI is InChI=1S/C16H25Cl2N/c1-15(2,3)19-11-16(4,5)9-8-12-10-13(17)6-7-14(12)18/h6-7,10,19H,8-9,11H2,1-5H3. The lowest BCUT2D eigenvalue weighted by Gasteiger charge is -2.30. The van der Waals surface area contributed by atoms with E-state index in [-0.39, 0.29) is 11.0 Å². The second kappa shape index (κ2) is 6.47.